The van der Waals surface area contributed by atoms with E-state index in [1.807, 2.05) is 0 Å². The van der Waals surface area contributed by atoms with Gasteiger partial charge in [-0.3, -0.25) is 19.7 Å². The van der Waals surface area contributed by atoms with E-state index in [1.165, 1.54) is 43.5 Å². The molecule has 0 atom stereocenters. The molecule has 3 rings (SSSR count). The second-order valence-electron chi connectivity index (χ2n) is 8.40. The third-order valence-corrected chi connectivity index (χ3v) is 5.26. The first-order valence-corrected chi connectivity index (χ1v) is 11.7. The summed E-state index contributed by atoms with van der Waals surface area (Å²) in [7, 11) is 1.54. The zero-order valence-electron chi connectivity index (χ0n) is 21.4. The van der Waals surface area contributed by atoms with Gasteiger partial charge in [-0.15, -0.1) is 0 Å². The fraction of sp³-hybridized carbons (Fsp3) is 0.143. The molecule has 3 aromatic rings. The highest BCUT2D eigenvalue weighted by Crippen LogP contribution is 2.30. The van der Waals surface area contributed by atoms with Crippen molar-refractivity contribution in [3.63, 3.8) is 0 Å². The maximum atomic E-state index is 12.5. The molecule has 2 N–H and O–H groups in total. The Hall–Kier alpha value is -5.32. The first-order valence-electron chi connectivity index (χ1n) is 11.7. The first kappa shape index (κ1) is 28.3. The Bertz CT molecular complexity index is 1410. The van der Waals surface area contributed by atoms with Crippen LogP contribution < -0.4 is 20.2 Å². The Kier molecular flexibility index (Phi) is 9.63. The zero-order chi connectivity index (χ0) is 28.4. The molecule has 11 heteroatoms. The van der Waals surface area contributed by atoms with Gasteiger partial charge in [-0.1, -0.05) is 32.0 Å². The summed E-state index contributed by atoms with van der Waals surface area (Å²) in [5.41, 5.74) is 3.47. The Morgan fingerprint density at radius 3 is 2.31 bits per heavy atom. The Balaban J connectivity index is 1.71. The van der Waals surface area contributed by atoms with Crippen LogP contribution in [0.15, 0.2) is 77.9 Å². The molecule has 0 saturated heterocycles. The zero-order valence-corrected chi connectivity index (χ0v) is 21.4. The van der Waals surface area contributed by atoms with Crippen LogP contribution in [0.4, 0.5) is 11.4 Å². The normalized spacial score (nSPS) is 11.0. The first-order chi connectivity index (χ1) is 18.7. The molecular weight excluding hydrogens is 504 g/mol. The second-order valence-corrected chi connectivity index (χ2v) is 8.40. The van der Waals surface area contributed by atoms with Crippen LogP contribution in [0, 0.1) is 16.0 Å². The molecule has 0 aromatic heterocycles. The third kappa shape index (κ3) is 8.09. The molecule has 0 bridgehead atoms. The molecule has 200 valence electrons. The molecular formula is C28H26N4O7. The summed E-state index contributed by atoms with van der Waals surface area (Å²) in [6.07, 6.45) is 3.76. The number of esters is 1. The topological polar surface area (TPSA) is 149 Å². The summed E-state index contributed by atoms with van der Waals surface area (Å²) in [4.78, 5) is 47.5. The average Bonchev–Trinajstić information content (AvgIpc) is 2.93. The fourth-order valence-electron chi connectivity index (χ4n) is 3.13. The summed E-state index contributed by atoms with van der Waals surface area (Å²) in [5, 5.41) is 18.1. The molecule has 11 nitrogen and oxygen atoms in total. The number of anilines is 1. The van der Waals surface area contributed by atoms with Gasteiger partial charge in [-0.25, -0.2) is 10.2 Å². The lowest BCUT2D eigenvalue weighted by molar-refractivity contribution is -0.385. The fourth-order valence-corrected chi connectivity index (χ4v) is 3.13. The Morgan fingerprint density at radius 2 is 1.69 bits per heavy atom. The number of carbonyl (C=O) groups is 3. The van der Waals surface area contributed by atoms with Gasteiger partial charge in [-0.05, 0) is 54.1 Å². The smallest absolute Gasteiger partial charge is 0.336 e. The van der Waals surface area contributed by atoms with E-state index in [-0.39, 0.29) is 28.7 Å². The number of nitro benzene ring substituents is 1. The van der Waals surface area contributed by atoms with Crippen LogP contribution >= 0.6 is 0 Å². The quantitative estimate of drug-likeness (QED) is 0.0973. The largest absolute Gasteiger partial charge is 0.497 e. The van der Waals surface area contributed by atoms with Gasteiger partial charge in [0.05, 0.1) is 18.2 Å². The molecule has 0 heterocycles. The van der Waals surface area contributed by atoms with Crippen LogP contribution in [-0.2, 0) is 9.59 Å². The van der Waals surface area contributed by atoms with Gasteiger partial charge < -0.3 is 14.8 Å². The number of hydrogen-bond donors (Lipinski definition) is 2. The minimum Gasteiger partial charge on any atom is -0.497 e. The number of ether oxygens (including phenoxy) is 2. The molecule has 0 saturated carbocycles. The number of nitro groups is 1. The number of benzene rings is 3. The van der Waals surface area contributed by atoms with Crippen molar-refractivity contribution in [2.24, 2.45) is 11.0 Å². The summed E-state index contributed by atoms with van der Waals surface area (Å²) in [5.74, 6) is -1.41. The molecule has 0 fully saturated rings. The predicted octanol–water partition coefficient (Wildman–Crippen LogP) is 4.58. The van der Waals surface area contributed by atoms with Crippen molar-refractivity contribution in [3.8, 4) is 11.5 Å². The predicted molar refractivity (Wildman–Crippen MR) is 146 cm³/mol. The van der Waals surface area contributed by atoms with E-state index < -0.39 is 22.5 Å². The summed E-state index contributed by atoms with van der Waals surface area (Å²) < 4.78 is 10.4. The van der Waals surface area contributed by atoms with Crippen LogP contribution in [0.5, 0.6) is 11.5 Å². The highest BCUT2D eigenvalue weighted by molar-refractivity contribution is 5.97. The standard InChI is InChI=1S/C28H26N4O7/c1-18(2)27(34)30-22-12-10-20(11-13-22)28(35)31-29-17-21-5-4-6-24(32(36)37)26(21)39-25(33)16-9-19-7-14-23(38-3)15-8-19/h4-18H,1-3H3,(H,30,34)(H,31,35)/b16-9+,29-17+. The molecule has 0 aliphatic carbocycles. The Morgan fingerprint density at radius 1 is 1.00 bits per heavy atom. The maximum Gasteiger partial charge on any atom is 0.336 e. The number of nitrogens with one attached hydrogen (secondary N) is 2. The van der Waals surface area contributed by atoms with Crippen molar-refractivity contribution in [2.45, 2.75) is 13.8 Å². The van der Waals surface area contributed by atoms with E-state index in [4.69, 9.17) is 9.47 Å². The third-order valence-electron chi connectivity index (χ3n) is 5.26. The van der Waals surface area contributed by atoms with Gasteiger partial charge in [0.15, 0.2) is 0 Å². The number of hydrazone groups is 1. The summed E-state index contributed by atoms with van der Waals surface area (Å²) >= 11 is 0. The number of carbonyl (C=O) groups excluding carboxylic acids is 3. The number of methoxy groups -OCH3 is 1. The van der Waals surface area contributed by atoms with Crippen molar-refractivity contribution in [1.29, 1.82) is 0 Å². The number of hydrogen-bond acceptors (Lipinski definition) is 8. The highest BCUT2D eigenvalue weighted by Gasteiger charge is 2.20. The number of rotatable bonds is 10. The molecule has 39 heavy (non-hydrogen) atoms. The minimum absolute atomic E-state index is 0.0995. The van der Waals surface area contributed by atoms with Crippen molar-refractivity contribution in [1.82, 2.24) is 5.43 Å². The SMILES string of the molecule is COc1ccc(/C=C/C(=O)Oc2c(/C=N/NC(=O)c3ccc(NC(=O)C(C)C)cc3)cccc2[N+](=O)[O-])cc1. The van der Waals surface area contributed by atoms with E-state index in [1.54, 1.807) is 50.2 Å². The maximum absolute atomic E-state index is 12.5. The van der Waals surface area contributed by atoms with Crippen molar-refractivity contribution in [3.05, 3.63) is 99.6 Å². The van der Waals surface area contributed by atoms with Crippen molar-refractivity contribution in [2.75, 3.05) is 12.4 Å². The van der Waals surface area contributed by atoms with Crippen LogP contribution in [0.3, 0.4) is 0 Å². The van der Waals surface area contributed by atoms with E-state index in [0.717, 1.165) is 12.3 Å². The van der Waals surface area contributed by atoms with Crippen LogP contribution in [-0.4, -0.2) is 36.0 Å². The monoisotopic (exact) mass is 530 g/mol. The van der Waals surface area contributed by atoms with Gasteiger partial charge in [0, 0.05) is 34.9 Å². The van der Waals surface area contributed by atoms with Crippen LogP contribution in [0.1, 0.15) is 35.3 Å². The summed E-state index contributed by atoms with van der Waals surface area (Å²) in [6.45, 7) is 3.53. The highest BCUT2D eigenvalue weighted by atomic mass is 16.6. The van der Waals surface area contributed by atoms with Gasteiger partial charge in [0.1, 0.15) is 5.75 Å². The van der Waals surface area contributed by atoms with Gasteiger partial charge in [0.2, 0.25) is 11.7 Å². The van der Waals surface area contributed by atoms with E-state index in [0.29, 0.717) is 17.0 Å². The van der Waals surface area contributed by atoms with Crippen molar-refractivity contribution < 1.29 is 28.8 Å². The minimum atomic E-state index is -0.844. The van der Waals surface area contributed by atoms with E-state index in [9.17, 15) is 24.5 Å². The lowest BCUT2D eigenvalue weighted by Crippen LogP contribution is -2.19. The molecule has 0 radical (unpaired) electrons. The number of para-hydroxylation sites is 1. The summed E-state index contributed by atoms with van der Waals surface area (Å²) in [6, 6.07) is 17.1. The van der Waals surface area contributed by atoms with E-state index in [2.05, 4.69) is 15.8 Å². The lowest BCUT2D eigenvalue weighted by atomic mass is 10.1. The molecule has 3 aromatic carbocycles. The molecule has 0 unspecified atom stereocenters. The lowest BCUT2D eigenvalue weighted by Gasteiger charge is -2.08. The van der Waals surface area contributed by atoms with Crippen LogP contribution in [0.2, 0.25) is 0 Å². The molecule has 0 aliphatic heterocycles. The molecule has 0 aliphatic rings. The number of amides is 2. The van der Waals surface area contributed by atoms with Crippen LogP contribution in [0.25, 0.3) is 6.08 Å². The molecule has 2 amide bonds. The molecule has 0 spiro atoms. The average molecular weight is 531 g/mol. The van der Waals surface area contributed by atoms with E-state index >= 15 is 0 Å². The number of nitrogens with zero attached hydrogens (tertiary/aromatic N) is 2. The van der Waals surface area contributed by atoms with Gasteiger partial charge in [0.25, 0.3) is 5.91 Å². The Labute approximate surface area is 224 Å². The second kappa shape index (κ2) is 13.3. The van der Waals surface area contributed by atoms with Gasteiger partial charge >= 0.3 is 11.7 Å². The van der Waals surface area contributed by atoms with Crippen molar-refractivity contribution >= 4 is 41.4 Å². The van der Waals surface area contributed by atoms with Gasteiger partial charge in [-0.2, -0.15) is 5.10 Å².